The van der Waals surface area contributed by atoms with Gasteiger partial charge in [-0.2, -0.15) is 0 Å². The Bertz CT molecular complexity index is 407. The third-order valence-corrected chi connectivity index (χ3v) is 4.50. The van der Waals surface area contributed by atoms with E-state index in [1.807, 2.05) is 18.2 Å². The number of hydrogen-bond donors (Lipinski definition) is 1. The molecular formula is C15H24Cl2N2. The lowest BCUT2D eigenvalue weighted by atomic mass is 10.0. The Labute approximate surface area is 126 Å². The highest BCUT2D eigenvalue weighted by molar-refractivity contribution is 6.42. The predicted octanol–water partition coefficient (Wildman–Crippen LogP) is 4.36. The molecule has 1 aromatic carbocycles. The van der Waals surface area contributed by atoms with Crippen molar-refractivity contribution in [3.63, 3.8) is 0 Å². The highest BCUT2D eigenvalue weighted by atomic mass is 35.5. The van der Waals surface area contributed by atoms with Gasteiger partial charge in [-0.1, -0.05) is 43.1 Å². The molecule has 0 aliphatic carbocycles. The minimum Gasteiger partial charge on any atom is -0.327 e. The second kappa shape index (κ2) is 7.49. The van der Waals surface area contributed by atoms with Gasteiger partial charge in [0.25, 0.3) is 0 Å². The van der Waals surface area contributed by atoms with Crippen molar-refractivity contribution in [1.29, 1.82) is 0 Å². The van der Waals surface area contributed by atoms with Crippen molar-refractivity contribution in [2.24, 2.45) is 11.7 Å². The number of hydrogen-bond acceptors (Lipinski definition) is 2. The van der Waals surface area contributed by atoms with Crippen LogP contribution in [0.4, 0.5) is 0 Å². The van der Waals surface area contributed by atoms with Crippen LogP contribution in [0, 0.1) is 5.92 Å². The Balaban J connectivity index is 2.61. The van der Waals surface area contributed by atoms with Crippen LogP contribution in [0.15, 0.2) is 18.2 Å². The highest BCUT2D eigenvalue weighted by Crippen LogP contribution is 2.27. The molecule has 0 spiro atoms. The molecule has 0 radical (unpaired) electrons. The van der Waals surface area contributed by atoms with E-state index in [0.717, 1.165) is 13.0 Å². The number of nitrogens with zero attached hydrogens (tertiary/aromatic N) is 1. The van der Waals surface area contributed by atoms with E-state index in [4.69, 9.17) is 28.9 Å². The maximum atomic E-state index is 6.08. The Morgan fingerprint density at radius 2 is 1.79 bits per heavy atom. The summed E-state index contributed by atoms with van der Waals surface area (Å²) in [6, 6.07) is 6.37. The molecule has 4 heteroatoms. The number of halogens is 2. The van der Waals surface area contributed by atoms with Crippen molar-refractivity contribution >= 4 is 23.2 Å². The molecule has 0 aromatic heterocycles. The fourth-order valence-corrected chi connectivity index (χ4v) is 2.21. The van der Waals surface area contributed by atoms with Crippen molar-refractivity contribution in [2.45, 2.75) is 39.3 Å². The van der Waals surface area contributed by atoms with Gasteiger partial charge < -0.3 is 5.73 Å². The van der Waals surface area contributed by atoms with Crippen LogP contribution < -0.4 is 5.73 Å². The normalized spacial score (nSPS) is 15.0. The van der Waals surface area contributed by atoms with Crippen molar-refractivity contribution in [1.82, 2.24) is 4.90 Å². The summed E-state index contributed by atoms with van der Waals surface area (Å²) < 4.78 is 0. The molecule has 0 aliphatic rings. The van der Waals surface area contributed by atoms with Gasteiger partial charge in [-0.15, -0.1) is 0 Å². The molecule has 0 fully saturated rings. The van der Waals surface area contributed by atoms with Crippen molar-refractivity contribution in [2.75, 3.05) is 13.6 Å². The van der Waals surface area contributed by atoms with Gasteiger partial charge in [0.05, 0.1) is 10.0 Å². The summed E-state index contributed by atoms with van der Waals surface area (Å²) in [7, 11) is 2.11. The third-order valence-electron chi connectivity index (χ3n) is 3.76. The van der Waals surface area contributed by atoms with E-state index in [-0.39, 0.29) is 6.04 Å². The maximum absolute atomic E-state index is 6.08. The molecule has 0 bridgehead atoms. The van der Waals surface area contributed by atoms with Crippen molar-refractivity contribution in [3.8, 4) is 0 Å². The first-order chi connectivity index (χ1) is 8.82. The average molecular weight is 303 g/mol. The zero-order chi connectivity index (χ0) is 14.6. The van der Waals surface area contributed by atoms with E-state index in [1.165, 1.54) is 5.56 Å². The molecule has 0 amide bonds. The molecule has 2 atom stereocenters. The third kappa shape index (κ3) is 4.96. The molecule has 0 saturated heterocycles. The number of rotatable bonds is 6. The molecule has 0 heterocycles. The van der Waals surface area contributed by atoms with Gasteiger partial charge in [-0.3, -0.25) is 4.90 Å². The number of benzene rings is 1. The van der Waals surface area contributed by atoms with Crippen LogP contribution >= 0.6 is 23.2 Å². The Morgan fingerprint density at radius 3 is 2.32 bits per heavy atom. The minimum absolute atomic E-state index is 0.253. The predicted molar refractivity (Wildman–Crippen MR) is 84.9 cm³/mol. The summed E-state index contributed by atoms with van der Waals surface area (Å²) in [5.41, 5.74) is 7.26. The lowest BCUT2D eigenvalue weighted by Gasteiger charge is -2.27. The van der Waals surface area contributed by atoms with E-state index in [0.29, 0.717) is 22.0 Å². The van der Waals surface area contributed by atoms with Crippen LogP contribution in [0.2, 0.25) is 10.0 Å². The maximum Gasteiger partial charge on any atom is 0.0595 e. The monoisotopic (exact) mass is 302 g/mol. The van der Waals surface area contributed by atoms with Crippen LogP contribution in [0.3, 0.4) is 0 Å². The first-order valence-corrected chi connectivity index (χ1v) is 7.49. The Morgan fingerprint density at radius 1 is 1.16 bits per heavy atom. The van der Waals surface area contributed by atoms with Gasteiger partial charge in [-0.25, -0.2) is 0 Å². The standard InChI is InChI=1S/C15H24Cl2N2/c1-10(2)15(18)7-8-19(4)11(3)12-5-6-13(16)14(17)9-12/h5-6,9-11,15H,7-8,18H2,1-4H3. The van der Waals surface area contributed by atoms with Gasteiger partial charge in [0, 0.05) is 12.1 Å². The summed E-state index contributed by atoms with van der Waals surface area (Å²) in [5.74, 6) is 0.522. The summed E-state index contributed by atoms with van der Waals surface area (Å²) >= 11 is 12.0. The Kier molecular flexibility index (Phi) is 6.61. The van der Waals surface area contributed by atoms with Gasteiger partial charge in [0.1, 0.15) is 0 Å². The quantitative estimate of drug-likeness (QED) is 0.846. The molecule has 0 saturated carbocycles. The first kappa shape index (κ1) is 16.8. The van der Waals surface area contributed by atoms with Gasteiger partial charge >= 0.3 is 0 Å². The second-order valence-corrected chi connectivity index (χ2v) is 6.34. The fourth-order valence-electron chi connectivity index (χ4n) is 1.91. The first-order valence-electron chi connectivity index (χ1n) is 6.73. The summed E-state index contributed by atoms with van der Waals surface area (Å²) in [5, 5.41) is 1.21. The van der Waals surface area contributed by atoms with Gasteiger partial charge in [0.15, 0.2) is 0 Å². The Hall–Kier alpha value is -0.280. The molecule has 108 valence electrons. The smallest absolute Gasteiger partial charge is 0.0595 e. The van der Waals surface area contributed by atoms with Crippen LogP contribution in [0.5, 0.6) is 0 Å². The molecule has 2 N–H and O–H groups in total. The van der Waals surface area contributed by atoms with E-state index in [2.05, 4.69) is 32.7 Å². The molecule has 1 rings (SSSR count). The second-order valence-electron chi connectivity index (χ2n) is 5.53. The number of nitrogens with two attached hydrogens (primary N) is 1. The van der Waals surface area contributed by atoms with Gasteiger partial charge in [0.2, 0.25) is 0 Å². The van der Waals surface area contributed by atoms with Crippen LogP contribution in [-0.4, -0.2) is 24.5 Å². The van der Waals surface area contributed by atoms with E-state index < -0.39 is 0 Å². The topological polar surface area (TPSA) is 29.3 Å². The van der Waals surface area contributed by atoms with Gasteiger partial charge in [-0.05, 0) is 50.6 Å². The minimum atomic E-state index is 0.253. The summed E-state index contributed by atoms with van der Waals surface area (Å²) in [6.45, 7) is 7.46. The zero-order valence-corrected chi connectivity index (χ0v) is 13.7. The fraction of sp³-hybridized carbons (Fsp3) is 0.600. The van der Waals surface area contributed by atoms with E-state index in [9.17, 15) is 0 Å². The highest BCUT2D eigenvalue weighted by Gasteiger charge is 2.15. The molecule has 1 aromatic rings. The van der Waals surface area contributed by atoms with E-state index >= 15 is 0 Å². The van der Waals surface area contributed by atoms with Crippen molar-refractivity contribution in [3.05, 3.63) is 33.8 Å². The molecule has 19 heavy (non-hydrogen) atoms. The lowest BCUT2D eigenvalue weighted by molar-refractivity contribution is 0.243. The SMILES string of the molecule is CC(C)C(N)CCN(C)C(C)c1ccc(Cl)c(Cl)c1. The lowest BCUT2D eigenvalue weighted by Crippen LogP contribution is -2.32. The summed E-state index contributed by atoms with van der Waals surface area (Å²) in [6.07, 6.45) is 1.000. The largest absolute Gasteiger partial charge is 0.327 e. The molecule has 2 unspecified atom stereocenters. The van der Waals surface area contributed by atoms with E-state index in [1.54, 1.807) is 0 Å². The van der Waals surface area contributed by atoms with Crippen LogP contribution in [0.1, 0.15) is 38.8 Å². The molecular weight excluding hydrogens is 279 g/mol. The van der Waals surface area contributed by atoms with Crippen LogP contribution in [-0.2, 0) is 0 Å². The van der Waals surface area contributed by atoms with Crippen LogP contribution in [0.25, 0.3) is 0 Å². The molecule has 2 nitrogen and oxygen atoms in total. The molecule has 0 aliphatic heterocycles. The zero-order valence-electron chi connectivity index (χ0n) is 12.2. The van der Waals surface area contributed by atoms with Crippen molar-refractivity contribution < 1.29 is 0 Å². The summed E-state index contributed by atoms with van der Waals surface area (Å²) in [4.78, 5) is 2.29. The average Bonchev–Trinajstić information content (AvgIpc) is 2.37.